The fourth-order valence-corrected chi connectivity index (χ4v) is 2.26. The van der Waals surface area contributed by atoms with E-state index in [2.05, 4.69) is 0 Å². The molecule has 0 saturated carbocycles. The van der Waals surface area contributed by atoms with Gasteiger partial charge in [-0.2, -0.15) is 0 Å². The van der Waals surface area contributed by atoms with Crippen molar-refractivity contribution in [3.05, 3.63) is 65.2 Å². The summed E-state index contributed by atoms with van der Waals surface area (Å²) >= 11 is 0. The summed E-state index contributed by atoms with van der Waals surface area (Å²) in [4.78, 5) is 25.5. The van der Waals surface area contributed by atoms with Gasteiger partial charge in [-0.15, -0.1) is 0 Å². The van der Waals surface area contributed by atoms with Crippen molar-refractivity contribution in [2.45, 2.75) is 6.92 Å². The van der Waals surface area contributed by atoms with E-state index in [0.29, 0.717) is 17.1 Å². The Kier molecular flexibility index (Phi) is 6.55. The van der Waals surface area contributed by atoms with E-state index in [1.165, 1.54) is 11.0 Å². The van der Waals surface area contributed by atoms with E-state index in [9.17, 15) is 9.59 Å². The summed E-state index contributed by atoms with van der Waals surface area (Å²) in [5, 5.41) is 0. The van der Waals surface area contributed by atoms with Gasteiger partial charge in [0.25, 0.3) is 5.91 Å². The van der Waals surface area contributed by atoms with Crippen molar-refractivity contribution in [2.75, 3.05) is 27.8 Å². The molecule has 0 atom stereocenters. The quantitative estimate of drug-likeness (QED) is 0.566. The molecule has 0 unspecified atom stereocenters. The van der Waals surface area contributed by atoms with E-state index in [0.717, 1.165) is 11.1 Å². The number of allylic oxidation sites excluding steroid dienone is 1. The Balaban J connectivity index is 2.11. The fraction of sp³-hybridized carbons (Fsp3) is 0.238. The maximum absolute atomic E-state index is 12.4. The summed E-state index contributed by atoms with van der Waals surface area (Å²) in [7, 11) is 4.92. The molecule has 0 aliphatic heterocycles. The normalized spacial score (nSPS) is 10.6. The van der Waals surface area contributed by atoms with E-state index < -0.39 is 0 Å². The van der Waals surface area contributed by atoms with Crippen molar-refractivity contribution in [1.82, 2.24) is 4.90 Å². The zero-order chi connectivity index (χ0) is 19.1. The number of amides is 1. The maximum Gasteiger partial charge on any atom is 0.259 e. The van der Waals surface area contributed by atoms with Gasteiger partial charge in [0.15, 0.2) is 12.4 Å². The lowest BCUT2D eigenvalue weighted by molar-refractivity contribution is -0.130. The van der Waals surface area contributed by atoms with Gasteiger partial charge in [-0.3, -0.25) is 9.59 Å². The largest absolute Gasteiger partial charge is 0.496 e. The number of aryl methyl sites for hydroxylation is 1. The molecule has 0 radical (unpaired) electrons. The first-order valence-electron chi connectivity index (χ1n) is 8.21. The molecule has 0 aliphatic carbocycles. The van der Waals surface area contributed by atoms with Crippen LogP contribution in [-0.2, 0) is 4.79 Å². The molecule has 0 N–H and O–H groups in total. The van der Waals surface area contributed by atoms with Gasteiger partial charge >= 0.3 is 0 Å². The Labute approximate surface area is 153 Å². The minimum atomic E-state index is -0.155. The van der Waals surface area contributed by atoms with E-state index in [4.69, 9.17) is 9.47 Å². The van der Waals surface area contributed by atoms with Crippen molar-refractivity contribution in [2.24, 2.45) is 0 Å². The average Bonchev–Trinajstić information content (AvgIpc) is 2.64. The first-order chi connectivity index (χ1) is 12.4. The lowest BCUT2D eigenvalue weighted by Crippen LogP contribution is -2.27. The number of methoxy groups -OCH3 is 1. The highest BCUT2D eigenvalue weighted by atomic mass is 16.5. The molecular formula is C21H23NO4. The fourth-order valence-electron chi connectivity index (χ4n) is 2.26. The van der Waals surface area contributed by atoms with Crippen molar-refractivity contribution in [1.29, 1.82) is 0 Å². The summed E-state index contributed by atoms with van der Waals surface area (Å²) in [5.74, 6) is 0.887. The van der Waals surface area contributed by atoms with Gasteiger partial charge in [-0.1, -0.05) is 23.8 Å². The minimum absolute atomic E-state index is 0.0685. The summed E-state index contributed by atoms with van der Waals surface area (Å²) in [5.41, 5.74) is 2.41. The van der Waals surface area contributed by atoms with Crippen LogP contribution in [-0.4, -0.2) is 44.4 Å². The van der Waals surface area contributed by atoms with Crippen LogP contribution in [0.3, 0.4) is 0 Å². The number of rotatable bonds is 7. The number of ketones is 1. The molecule has 0 heterocycles. The van der Waals surface area contributed by atoms with Crippen LogP contribution in [0.1, 0.15) is 21.5 Å². The number of hydrogen-bond acceptors (Lipinski definition) is 4. The van der Waals surface area contributed by atoms with Crippen LogP contribution in [0.2, 0.25) is 0 Å². The molecule has 0 spiro atoms. The lowest BCUT2D eigenvalue weighted by Gasteiger charge is -2.11. The van der Waals surface area contributed by atoms with Crippen LogP contribution >= 0.6 is 0 Å². The molecule has 2 aromatic carbocycles. The molecule has 0 fully saturated rings. The Morgan fingerprint density at radius 1 is 1.12 bits per heavy atom. The maximum atomic E-state index is 12.4. The summed E-state index contributed by atoms with van der Waals surface area (Å²) in [6.07, 6.45) is 3.23. The first kappa shape index (κ1) is 19.2. The minimum Gasteiger partial charge on any atom is -0.496 e. The van der Waals surface area contributed by atoms with Crippen LogP contribution in [0.25, 0.3) is 6.08 Å². The van der Waals surface area contributed by atoms with E-state index in [1.807, 2.05) is 25.1 Å². The Morgan fingerprint density at radius 2 is 1.88 bits per heavy atom. The number of nitrogens with zero attached hydrogens (tertiary/aromatic N) is 1. The molecule has 2 rings (SSSR count). The highest BCUT2D eigenvalue weighted by Crippen LogP contribution is 2.21. The molecule has 0 saturated heterocycles. The first-order valence-corrected chi connectivity index (χ1v) is 8.21. The standard InChI is InChI=1S/C21H23NO4/c1-15-8-11-20(25-4)17(12-15)9-10-19(23)16-6-5-7-18(13-16)26-14-21(24)22(2)3/h5-13H,14H2,1-4H3. The predicted octanol–water partition coefficient (Wildman–Crippen LogP) is 3.37. The van der Waals surface area contributed by atoms with Gasteiger partial charge < -0.3 is 14.4 Å². The van der Waals surface area contributed by atoms with Gasteiger partial charge in [-0.05, 0) is 43.3 Å². The third-order valence-corrected chi connectivity index (χ3v) is 3.78. The summed E-state index contributed by atoms with van der Waals surface area (Å²) in [6, 6.07) is 12.6. The molecule has 0 bridgehead atoms. The van der Waals surface area contributed by atoms with Gasteiger partial charge in [0.05, 0.1) is 7.11 Å². The lowest BCUT2D eigenvalue weighted by atomic mass is 10.1. The number of carbonyl (C=O) groups excluding carboxylic acids is 2. The van der Waals surface area contributed by atoms with Crippen molar-refractivity contribution in [3.63, 3.8) is 0 Å². The Hall–Kier alpha value is -3.08. The highest BCUT2D eigenvalue weighted by molar-refractivity contribution is 6.07. The topological polar surface area (TPSA) is 55.8 Å². The van der Waals surface area contributed by atoms with E-state index in [1.54, 1.807) is 51.5 Å². The third-order valence-electron chi connectivity index (χ3n) is 3.78. The number of likely N-dealkylation sites (N-methyl/N-ethyl adjacent to an activating group) is 1. The van der Waals surface area contributed by atoms with Gasteiger partial charge in [0.2, 0.25) is 0 Å². The number of carbonyl (C=O) groups is 2. The SMILES string of the molecule is COc1ccc(C)cc1C=CC(=O)c1cccc(OCC(=O)N(C)C)c1. The van der Waals surface area contributed by atoms with Gasteiger partial charge in [-0.25, -0.2) is 0 Å². The van der Waals surface area contributed by atoms with Crippen LogP contribution < -0.4 is 9.47 Å². The number of ether oxygens (including phenoxy) is 2. The van der Waals surface area contributed by atoms with E-state index in [-0.39, 0.29) is 18.3 Å². The smallest absolute Gasteiger partial charge is 0.259 e. The molecule has 1 amide bonds. The molecule has 0 aliphatic rings. The molecule has 5 heteroatoms. The Bertz CT molecular complexity index is 825. The summed E-state index contributed by atoms with van der Waals surface area (Å²) < 4.78 is 10.8. The second-order valence-electron chi connectivity index (χ2n) is 6.05. The second-order valence-corrected chi connectivity index (χ2v) is 6.05. The van der Waals surface area contributed by atoms with Crippen LogP contribution in [0.15, 0.2) is 48.5 Å². The van der Waals surface area contributed by atoms with Crippen molar-refractivity contribution >= 4 is 17.8 Å². The van der Waals surface area contributed by atoms with E-state index >= 15 is 0 Å². The number of hydrogen-bond donors (Lipinski definition) is 0. The number of benzene rings is 2. The Morgan fingerprint density at radius 3 is 2.58 bits per heavy atom. The molecular weight excluding hydrogens is 330 g/mol. The zero-order valence-electron chi connectivity index (χ0n) is 15.5. The van der Waals surface area contributed by atoms with Gasteiger partial charge in [0.1, 0.15) is 11.5 Å². The summed E-state index contributed by atoms with van der Waals surface area (Å²) in [6.45, 7) is 1.91. The highest BCUT2D eigenvalue weighted by Gasteiger charge is 2.08. The molecule has 136 valence electrons. The molecule has 2 aromatic rings. The van der Waals surface area contributed by atoms with Crippen molar-refractivity contribution in [3.8, 4) is 11.5 Å². The predicted molar refractivity (Wildman–Crippen MR) is 102 cm³/mol. The van der Waals surface area contributed by atoms with Gasteiger partial charge in [0, 0.05) is 25.2 Å². The van der Waals surface area contributed by atoms with Crippen molar-refractivity contribution < 1.29 is 19.1 Å². The molecule has 26 heavy (non-hydrogen) atoms. The molecule has 5 nitrogen and oxygen atoms in total. The zero-order valence-corrected chi connectivity index (χ0v) is 15.5. The van der Waals surface area contributed by atoms with Crippen LogP contribution in [0.5, 0.6) is 11.5 Å². The van der Waals surface area contributed by atoms with Crippen LogP contribution in [0, 0.1) is 6.92 Å². The molecule has 0 aromatic heterocycles. The average molecular weight is 353 g/mol. The monoisotopic (exact) mass is 353 g/mol. The van der Waals surface area contributed by atoms with Crippen LogP contribution in [0.4, 0.5) is 0 Å². The second kappa shape index (κ2) is 8.85. The third kappa shape index (κ3) is 5.21.